The van der Waals surface area contributed by atoms with Crippen molar-refractivity contribution < 1.29 is 13.2 Å². The maximum absolute atomic E-state index is 12.8. The van der Waals surface area contributed by atoms with Crippen molar-refractivity contribution in [3.05, 3.63) is 64.2 Å². The maximum atomic E-state index is 12.8. The van der Waals surface area contributed by atoms with Gasteiger partial charge in [0.25, 0.3) is 0 Å². The van der Waals surface area contributed by atoms with Crippen LogP contribution in [0.15, 0.2) is 42.5 Å². The molecular formula is C21H25ClN2O3S. The van der Waals surface area contributed by atoms with E-state index in [9.17, 15) is 13.2 Å². The number of rotatable bonds is 5. The van der Waals surface area contributed by atoms with Crippen molar-refractivity contribution in [3.8, 4) is 0 Å². The minimum atomic E-state index is -3.51. The average Bonchev–Trinajstić information content (AvgIpc) is 2.64. The smallest absolute Gasteiger partial charge is 0.228 e. The zero-order chi connectivity index (χ0) is 20.3. The van der Waals surface area contributed by atoms with Gasteiger partial charge in [-0.1, -0.05) is 41.4 Å². The zero-order valence-electron chi connectivity index (χ0n) is 16.1. The lowest BCUT2D eigenvalue weighted by atomic mass is 9.98. The number of hydrogen-bond donors (Lipinski definition) is 1. The summed E-state index contributed by atoms with van der Waals surface area (Å²) in [4.78, 5) is 12.7. The van der Waals surface area contributed by atoms with E-state index in [1.165, 1.54) is 4.31 Å². The third kappa shape index (κ3) is 5.13. The number of anilines is 1. The summed E-state index contributed by atoms with van der Waals surface area (Å²) in [6.45, 7) is 4.60. The van der Waals surface area contributed by atoms with E-state index in [4.69, 9.17) is 11.6 Å². The van der Waals surface area contributed by atoms with Crippen molar-refractivity contribution in [2.75, 3.05) is 18.4 Å². The van der Waals surface area contributed by atoms with Crippen molar-refractivity contribution in [2.24, 2.45) is 5.92 Å². The van der Waals surface area contributed by atoms with Crippen LogP contribution in [0.2, 0.25) is 5.02 Å². The van der Waals surface area contributed by atoms with E-state index < -0.39 is 10.0 Å². The molecule has 0 radical (unpaired) electrons. The number of piperidine rings is 1. The highest BCUT2D eigenvalue weighted by molar-refractivity contribution is 7.88. The van der Waals surface area contributed by atoms with Gasteiger partial charge in [-0.25, -0.2) is 12.7 Å². The second-order valence-electron chi connectivity index (χ2n) is 7.39. The number of nitrogens with zero attached hydrogens (tertiary/aromatic N) is 1. The first-order valence-electron chi connectivity index (χ1n) is 9.35. The van der Waals surface area contributed by atoms with Crippen molar-refractivity contribution in [1.29, 1.82) is 0 Å². The lowest BCUT2D eigenvalue weighted by Crippen LogP contribution is -2.44. The summed E-state index contributed by atoms with van der Waals surface area (Å²) < 4.78 is 27.1. The van der Waals surface area contributed by atoms with Crippen molar-refractivity contribution in [3.63, 3.8) is 0 Å². The number of amides is 1. The molecule has 0 aliphatic carbocycles. The van der Waals surface area contributed by atoms with Crippen LogP contribution in [0.25, 0.3) is 0 Å². The maximum Gasteiger partial charge on any atom is 0.228 e. The van der Waals surface area contributed by atoms with Crippen LogP contribution in [0.5, 0.6) is 0 Å². The van der Waals surface area contributed by atoms with E-state index in [0.717, 1.165) is 16.8 Å². The first-order chi connectivity index (χ1) is 13.2. The molecule has 5 nitrogen and oxygen atoms in total. The molecule has 150 valence electrons. The molecule has 1 aliphatic heterocycles. The summed E-state index contributed by atoms with van der Waals surface area (Å²) >= 11 is 5.96. The highest BCUT2D eigenvalue weighted by Crippen LogP contribution is 2.24. The number of sulfonamides is 1. The van der Waals surface area contributed by atoms with Gasteiger partial charge in [-0.2, -0.15) is 0 Å². The number of halogens is 1. The zero-order valence-corrected chi connectivity index (χ0v) is 17.7. The van der Waals surface area contributed by atoms with Gasteiger partial charge >= 0.3 is 0 Å². The Bertz CT molecular complexity index is 975. The Morgan fingerprint density at radius 1 is 1.21 bits per heavy atom. The fourth-order valence-corrected chi connectivity index (χ4v) is 5.34. The fourth-order valence-electron chi connectivity index (χ4n) is 3.53. The number of carbonyl (C=O) groups excluding carboxylic acids is 1. The molecule has 1 atom stereocenters. The van der Waals surface area contributed by atoms with E-state index in [0.29, 0.717) is 30.0 Å². The molecule has 2 aromatic carbocycles. The standard InChI is InChI=1S/C21H25ClN2O3S/c1-15-8-9-20(16(2)11-15)23-21(25)18-6-4-10-24(13-18)28(26,27)14-17-5-3-7-19(22)12-17/h3,5,7-9,11-12,18H,4,6,10,13-14H2,1-2H3,(H,23,25)/t18-/m1/s1. The van der Waals surface area contributed by atoms with Crippen LogP contribution in [0.1, 0.15) is 29.5 Å². The van der Waals surface area contributed by atoms with Crippen molar-refractivity contribution in [2.45, 2.75) is 32.4 Å². The molecule has 0 spiro atoms. The molecule has 28 heavy (non-hydrogen) atoms. The Balaban J connectivity index is 1.68. The lowest BCUT2D eigenvalue weighted by Gasteiger charge is -2.31. The van der Waals surface area contributed by atoms with Gasteiger partial charge in [0.15, 0.2) is 0 Å². The van der Waals surface area contributed by atoms with E-state index in [1.807, 2.05) is 32.0 Å². The first kappa shape index (κ1) is 20.8. The van der Waals surface area contributed by atoms with Gasteiger partial charge in [-0.15, -0.1) is 0 Å². The monoisotopic (exact) mass is 420 g/mol. The van der Waals surface area contributed by atoms with Crippen LogP contribution in [0.4, 0.5) is 5.69 Å². The van der Waals surface area contributed by atoms with Gasteiger partial charge in [0.05, 0.1) is 11.7 Å². The summed E-state index contributed by atoms with van der Waals surface area (Å²) in [5, 5.41) is 3.47. The van der Waals surface area contributed by atoms with Crippen LogP contribution < -0.4 is 5.32 Å². The molecule has 1 heterocycles. The highest BCUT2D eigenvalue weighted by Gasteiger charge is 2.32. The molecule has 0 unspecified atom stereocenters. The van der Waals surface area contributed by atoms with Crippen LogP contribution in [-0.4, -0.2) is 31.7 Å². The van der Waals surface area contributed by atoms with E-state index in [2.05, 4.69) is 5.32 Å². The SMILES string of the molecule is Cc1ccc(NC(=O)[C@@H]2CCCN(S(=O)(=O)Cc3cccc(Cl)c3)C2)c(C)c1. The summed E-state index contributed by atoms with van der Waals surface area (Å²) in [6.07, 6.45) is 1.35. The van der Waals surface area contributed by atoms with Gasteiger partial charge in [-0.3, -0.25) is 4.79 Å². The molecule has 7 heteroatoms. The average molecular weight is 421 g/mol. The molecule has 1 amide bonds. The molecule has 1 saturated heterocycles. The molecule has 0 aromatic heterocycles. The number of aryl methyl sites for hydroxylation is 2. The Hall–Kier alpha value is -1.89. The predicted molar refractivity (Wildman–Crippen MR) is 113 cm³/mol. The third-order valence-corrected chi connectivity index (χ3v) is 7.08. The lowest BCUT2D eigenvalue weighted by molar-refractivity contribution is -0.120. The predicted octanol–water partition coefficient (Wildman–Crippen LogP) is 4.14. The summed E-state index contributed by atoms with van der Waals surface area (Å²) in [5.74, 6) is -0.600. The first-order valence-corrected chi connectivity index (χ1v) is 11.3. The number of carbonyl (C=O) groups is 1. The van der Waals surface area contributed by atoms with E-state index in [1.54, 1.807) is 24.3 Å². The van der Waals surface area contributed by atoms with Gasteiger partial charge < -0.3 is 5.32 Å². The Kier molecular flexibility index (Phi) is 6.43. The fraction of sp³-hybridized carbons (Fsp3) is 0.381. The Morgan fingerprint density at radius 3 is 2.71 bits per heavy atom. The number of nitrogens with one attached hydrogen (secondary N) is 1. The molecule has 0 bridgehead atoms. The van der Waals surface area contributed by atoms with E-state index in [-0.39, 0.29) is 24.1 Å². The van der Waals surface area contributed by atoms with Gasteiger partial charge in [0.1, 0.15) is 0 Å². The summed E-state index contributed by atoms with van der Waals surface area (Å²) in [5.41, 5.74) is 3.55. The topological polar surface area (TPSA) is 66.5 Å². The van der Waals surface area contributed by atoms with Crippen LogP contribution in [-0.2, 0) is 20.6 Å². The van der Waals surface area contributed by atoms with Gasteiger partial charge in [0, 0.05) is 23.8 Å². The second-order valence-corrected chi connectivity index (χ2v) is 9.80. The Morgan fingerprint density at radius 2 is 2.00 bits per heavy atom. The normalized spacial score (nSPS) is 18.0. The van der Waals surface area contributed by atoms with Crippen LogP contribution in [0.3, 0.4) is 0 Å². The molecule has 3 rings (SSSR count). The largest absolute Gasteiger partial charge is 0.326 e. The van der Waals surface area contributed by atoms with Crippen LogP contribution >= 0.6 is 11.6 Å². The summed E-state index contributed by atoms with van der Waals surface area (Å²) in [7, 11) is -3.51. The second kappa shape index (κ2) is 8.64. The molecule has 0 saturated carbocycles. The molecule has 1 fully saturated rings. The number of hydrogen-bond acceptors (Lipinski definition) is 3. The highest BCUT2D eigenvalue weighted by atomic mass is 35.5. The van der Waals surface area contributed by atoms with Crippen molar-refractivity contribution in [1.82, 2.24) is 4.31 Å². The quantitative estimate of drug-likeness (QED) is 0.790. The third-order valence-electron chi connectivity index (χ3n) is 5.03. The minimum absolute atomic E-state index is 0.112. The molecule has 1 N–H and O–H groups in total. The van der Waals surface area contributed by atoms with E-state index >= 15 is 0 Å². The van der Waals surface area contributed by atoms with Gasteiger partial charge in [0.2, 0.25) is 15.9 Å². The summed E-state index contributed by atoms with van der Waals surface area (Å²) in [6, 6.07) is 12.7. The van der Waals surface area contributed by atoms with Crippen molar-refractivity contribution >= 4 is 33.2 Å². The number of benzene rings is 2. The molecule has 1 aliphatic rings. The van der Waals surface area contributed by atoms with Crippen LogP contribution in [0, 0.1) is 19.8 Å². The Labute approximate surface area is 171 Å². The van der Waals surface area contributed by atoms with Gasteiger partial charge in [-0.05, 0) is 56.0 Å². The minimum Gasteiger partial charge on any atom is -0.326 e. The molecule has 2 aromatic rings. The molecular weight excluding hydrogens is 396 g/mol.